The predicted octanol–water partition coefficient (Wildman–Crippen LogP) is 2.96. The Bertz CT molecular complexity index is 861. The first kappa shape index (κ1) is 19.6. The maximum atomic E-state index is 12.3. The molecule has 1 atom stereocenters. The lowest BCUT2D eigenvalue weighted by molar-refractivity contribution is -0.131. The van der Waals surface area contributed by atoms with E-state index in [1.165, 1.54) is 11.8 Å². The van der Waals surface area contributed by atoms with Crippen LogP contribution >= 0.6 is 0 Å². The number of amides is 2. The Kier molecular flexibility index (Phi) is 5.78. The van der Waals surface area contributed by atoms with E-state index < -0.39 is 12.1 Å². The van der Waals surface area contributed by atoms with E-state index in [9.17, 15) is 14.4 Å². The van der Waals surface area contributed by atoms with Gasteiger partial charge in [0.2, 0.25) is 5.91 Å². The van der Waals surface area contributed by atoms with Gasteiger partial charge in [-0.2, -0.15) is 0 Å². The lowest BCUT2D eigenvalue weighted by Crippen LogP contribution is -2.43. The van der Waals surface area contributed by atoms with Crippen LogP contribution in [0.2, 0.25) is 0 Å². The van der Waals surface area contributed by atoms with Crippen molar-refractivity contribution in [3.05, 3.63) is 59.7 Å². The zero-order valence-corrected chi connectivity index (χ0v) is 16.3. The molecular weight excluding hydrogens is 356 g/mol. The van der Waals surface area contributed by atoms with Crippen LogP contribution in [-0.2, 0) is 14.3 Å². The Morgan fingerprint density at radius 2 is 1.54 bits per heavy atom. The summed E-state index contributed by atoms with van der Waals surface area (Å²) in [6, 6.07) is 15.2. The van der Waals surface area contributed by atoms with E-state index in [-0.39, 0.29) is 30.6 Å². The molecule has 1 N–H and O–H groups in total. The Balaban J connectivity index is 1.67. The molecule has 0 aliphatic heterocycles. The van der Waals surface area contributed by atoms with Gasteiger partial charge in [-0.25, -0.2) is 4.79 Å². The van der Waals surface area contributed by atoms with Crippen LogP contribution in [-0.4, -0.2) is 49.4 Å². The molecule has 1 unspecified atom stereocenters. The van der Waals surface area contributed by atoms with Gasteiger partial charge in [0.15, 0.2) is 5.78 Å². The van der Waals surface area contributed by atoms with E-state index in [1.807, 2.05) is 36.4 Å². The van der Waals surface area contributed by atoms with Gasteiger partial charge >= 0.3 is 6.09 Å². The molecule has 2 aromatic rings. The highest BCUT2D eigenvalue weighted by Gasteiger charge is 2.29. The average Bonchev–Trinajstić information content (AvgIpc) is 2.99. The monoisotopic (exact) mass is 380 g/mol. The second-order valence-electron chi connectivity index (χ2n) is 7.13. The quantitative estimate of drug-likeness (QED) is 0.836. The van der Waals surface area contributed by atoms with Crippen molar-refractivity contribution < 1.29 is 19.1 Å². The number of benzene rings is 2. The smallest absolute Gasteiger partial charge is 0.407 e. The van der Waals surface area contributed by atoms with Gasteiger partial charge in [-0.3, -0.25) is 9.59 Å². The lowest BCUT2D eigenvalue weighted by Gasteiger charge is -2.19. The van der Waals surface area contributed by atoms with Gasteiger partial charge < -0.3 is 15.0 Å². The number of nitrogens with one attached hydrogen (secondary N) is 1. The summed E-state index contributed by atoms with van der Waals surface area (Å²) in [5.41, 5.74) is 4.51. The van der Waals surface area contributed by atoms with Crippen LogP contribution in [0.15, 0.2) is 48.5 Å². The van der Waals surface area contributed by atoms with Crippen LogP contribution in [0.1, 0.15) is 30.4 Å². The third kappa shape index (κ3) is 4.06. The van der Waals surface area contributed by atoms with Gasteiger partial charge in [0.25, 0.3) is 0 Å². The van der Waals surface area contributed by atoms with Gasteiger partial charge in [0.05, 0.1) is 12.5 Å². The van der Waals surface area contributed by atoms with Gasteiger partial charge in [0, 0.05) is 20.0 Å². The maximum absolute atomic E-state index is 12.3. The first-order valence-electron chi connectivity index (χ1n) is 9.20. The number of hydrogen-bond donors (Lipinski definition) is 1. The van der Waals surface area contributed by atoms with Gasteiger partial charge in [-0.1, -0.05) is 48.5 Å². The van der Waals surface area contributed by atoms with Crippen LogP contribution in [0, 0.1) is 0 Å². The van der Waals surface area contributed by atoms with Crippen molar-refractivity contribution in [3.8, 4) is 11.1 Å². The average molecular weight is 380 g/mol. The number of ether oxygens (including phenoxy) is 1. The minimum absolute atomic E-state index is 0.0580. The van der Waals surface area contributed by atoms with E-state index in [1.54, 1.807) is 14.1 Å². The summed E-state index contributed by atoms with van der Waals surface area (Å²) in [5.74, 6) is -0.583. The van der Waals surface area contributed by atoms with Crippen LogP contribution in [0.5, 0.6) is 0 Å². The van der Waals surface area contributed by atoms with E-state index in [0.29, 0.717) is 0 Å². The summed E-state index contributed by atoms with van der Waals surface area (Å²) in [7, 11) is 3.21. The molecular formula is C22H24N2O4. The molecule has 146 valence electrons. The SMILES string of the molecule is CC(=O)C(CC(=O)N(C)C)NC(=O)OCC1c2ccccc2-c2ccccc21. The van der Waals surface area contributed by atoms with Crippen LogP contribution < -0.4 is 5.32 Å². The number of hydrogen-bond acceptors (Lipinski definition) is 4. The standard InChI is InChI=1S/C22H24N2O4/c1-14(25)20(12-21(26)24(2)3)23-22(27)28-13-19-17-10-6-4-8-15(17)16-9-5-7-11-18(16)19/h4-11,19-20H,12-13H2,1-3H3,(H,23,27). The lowest BCUT2D eigenvalue weighted by atomic mass is 9.98. The number of fused-ring (bicyclic) bond motifs is 3. The van der Waals surface area contributed by atoms with E-state index in [0.717, 1.165) is 22.3 Å². The topological polar surface area (TPSA) is 75.7 Å². The number of ketones is 1. The fourth-order valence-corrected chi connectivity index (χ4v) is 3.44. The molecule has 2 aromatic carbocycles. The molecule has 1 aliphatic carbocycles. The second kappa shape index (κ2) is 8.25. The third-order valence-corrected chi connectivity index (χ3v) is 5.00. The number of alkyl carbamates (subject to hydrolysis) is 1. The predicted molar refractivity (Wildman–Crippen MR) is 106 cm³/mol. The van der Waals surface area contributed by atoms with Crippen molar-refractivity contribution in [3.63, 3.8) is 0 Å². The van der Waals surface area contributed by atoms with Crippen molar-refractivity contribution in [2.45, 2.75) is 25.3 Å². The van der Waals surface area contributed by atoms with Crippen molar-refractivity contribution in [2.75, 3.05) is 20.7 Å². The van der Waals surface area contributed by atoms with Gasteiger partial charge in [0.1, 0.15) is 6.61 Å². The van der Waals surface area contributed by atoms with E-state index >= 15 is 0 Å². The fourth-order valence-electron chi connectivity index (χ4n) is 3.44. The van der Waals surface area contributed by atoms with Gasteiger partial charge in [-0.15, -0.1) is 0 Å². The summed E-state index contributed by atoms with van der Waals surface area (Å²) in [5, 5.41) is 2.52. The Morgan fingerprint density at radius 1 is 1.00 bits per heavy atom. The molecule has 6 nitrogen and oxygen atoms in total. The molecule has 6 heteroatoms. The molecule has 1 aliphatic rings. The molecule has 3 rings (SSSR count). The highest BCUT2D eigenvalue weighted by Crippen LogP contribution is 2.44. The first-order valence-corrected chi connectivity index (χ1v) is 9.20. The zero-order valence-electron chi connectivity index (χ0n) is 16.3. The summed E-state index contributed by atoms with van der Waals surface area (Å²) in [6.45, 7) is 1.50. The Morgan fingerprint density at radius 3 is 2.04 bits per heavy atom. The number of carbonyl (C=O) groups is 3. The summed E-state index contributed by atoms with van der Waals surface area (Å²) in [6.07, 6.45) is -0.791. The number of carbonyl (C=O) groups excluding carboxylic acids is 3. The molecule has 0 bridgehead atoms. The second-order valence-corrected chi connectivity index (χ2v) is 7.13. The minimum Gasteiger partial charge on any atom is -0.449 e. The number of rotatable bonds is 6. The first-order chi connectivity index (χ1) is 13.4. The van der Waals surface area contributed by atoms with Crippen LogP contribution in [0.25, 0.3) is 11.1 Å². The fraction of sp³-hybridized carbons (Fsp3) is 0.318. The Hall–Kier alpha value is -3.15. The highest BCUT2D eigenvalue weighted by atomic mass is 16.5. The van der Waals surface area contributed by atoms with Crippen molar-refractivity contribution in [1.29, 1.82) is 0 Å². The third-order valence-electron chi connectivity index (χ3n) is 5.00. The molecule has 28 heavy (non-hydrogen) atoms. The molecule has 0 saturated heterocycles. The van der Waals surface area contributed by atoms with E-state index in [2.05, 4.69) is 17.4 Å². The number of Topliss-reactive ketones (excluding diaryl/α,β-unsaturated/α-hetero) is 1. The molecule has 0 aromatic heterocycles. The van der Waals surface area contributed by atoms with Crippen LogP contribution in [0.3, 0.4) is 0 Å². The molecule has 0 spiro atoms. The van der Waals surface area contributed by atoms with Crippen molar-refractivity contribution >= 4 is 17.8 Å². The molecule has 0 heterocycles. The minimum atomic E-state index is -0.898. The molecule has 0 saturated carbocycles. The molecule has 0 radical (unpaired) electrons. The summed E-state index contributed by atoms with van der Waals surface area (Å²) >= 11 is 0. The van der Waals surface area contributed by atoms with Crippen molar-refractivity contribution in [1.82, 2.24) is 10.2 Å². The Labute approximate surface area is 164 Å². The molecule has 2 amide bonds. The molecule has 0 fully saturated rings. The number of nitrogens with zero attached hydrogens (tertiary/aromatic N) is 1. The summed E-state index contributed by atoms with van der Waals surface area (Å²) < 4.78 is 5.44. The normalized spacial score (nSPS) is 13.2. The highest BCUT2D eigenvalue weighted by molar-refractivity contribution is 5.90. The summed E-state index contributed by atoms with van der Waals surface area (Å²) in [4.78, 5) is 37.3. The largest absolute Gasteiger partial charge is 0.449 e. The maximum Gasteiger partial charge on any atom is 0.407 e. The van der Waals surface area contributed by atoms with Crippen LogP contribution in [0.4, 0.5) is 4.79 Å². The zero-order chi connectivity index (χ0) is 20.3. The van der Waals surface area contributed by atoms with Gasteiger partial charge in [-0.05, 0) is 29.2 Å². The van der Waals surface area contributed by atoms with E-state index in [4.69, 9.17) is 4.74 Å². The van der Waals surface area contributed by atoms with Crippen molar-refractivity contribution in [2.24, 2.45) is 0 Å².